The lowest BCUT2D eigenvalue weighted by Gasteiger charge is -2.23. The lowest BCUT2D eigenvalue weighted by Crippen LogP contribution is -2.22. The van der Waals surface area contributed by atoms with Gasteiger partial charge in [-0.05, 0) is 44.0 Å². The van der Waals surface area contributed by atoms with Crippen molar-refractivity contribution < 1.29 is 18.7 Å². The SMILES string of the molecule is COc1cc(CN2CCC[C@@H]2c2cc(C)no2)cc(OC)c1OC. The van der Waals surface area contributed by atoms with E-state index in [4.69, 9.17) is 18.7 Å². The Morgan fingerprint density at radius 1 is 1.12 bits per heavy atom. The van der Waals surface area contributed by atoms with Gasteiger partial charge in [0.25, 0.3) is 0 Å². The van der Waals surface area contributed by atoms with Gasteiger partial charge in [-0.1, -0.05) is 5.16 Å². The molecule has 0 radical (unpaired) electrons. The monoisotopic (exact) mass is 332 g/mol. The Bertz CT molecular complexity index is 673. The number of benzene rings is 1. The molecule has 1 aliphatic heterocycles. The molecule has 0 N–H and O–H groups in total. The smallest absolute Gasteiger partial charge is 0.203 e. The minimum Gasteiger partial charge on any atom is -0.493 e. The maximum Gasteiger partial charge on any atom is 0.203 e. The molecule has 1 aliphatic rings. The fourth-order valence-corrected chi connectivity index (χ4v) is 3.34. The summed E-state index contributed by atoms with van der Waals surface area (Å²) in [6.07, 6.45) is 2.23. The number of hydrogen-bond donors (Lipinski definition) is 0. The highest BCUT2D eigenvalue weighted by Gasteiger charge is 2.29. The van der Waals surface area contributed by atoms with Gasteiger partial charge < -0.3 is 18.7 Å². The highest BCUT2D eigenvalue weighted by atomic mass is 16.5. The van der Waals surface area contributed by atoms with Crippen LogP contribution in [0.15, 0.2) is 22.7 Å². The van der Waals surface area contributed by atoms with Gasteiger partial charge in [0, 0.05) is 12.6 Å². The molecule has 24 heavy (non-hydrogen) atoms. The largest absolute Gasteiger partial charge is 0.493 e. The van der Waals surface area contributed by atoms with Crippen LogP contribution in [0.5, 0.6) is 17.2 Å². The van der Waals surface area contributed by atoms with Gasteiger partial charge in [-0.15, -0.1) is 0 Å². The summed E-state index contributed by atoms with van der Waals surface area (Å²) in [5.74, 6) is 2.92. The van der Waals surface area contributed by atoms with Crippen LogP contribution >= 0.6 is 0 Å². The van der Waals surface area contributed by atoms with Crippen molar-refractivity contribution in [1.82, 2.24) is 10.1 Å². The third-order valence-corrected chi connectivity index (χ3v) is 4.45. The quantitative estimate of drug-likeness (QED) is 0.808. The molecule has 1 aromatic heterocycles. The molecular weight excluding hydrogens is 308 g/mol. The summed E-state index contributed by atoms with van der Waals surface area (Å²) in [4.78, 5) is 2.40. The normalized spacial score (nSPS) is 17.9. The molecule has 1 fully saturated rings. The van der Waals surface area contributed by atoms with Gasteiger partial charge in [-0.25, -0.2) is 0 Å². The Labute approximate surface area is 142 Å². The second-order valence-electron chi connectivity index (χ2n) is 6.03. The van der Waals surface area contributed by atoms with Gasteiger partial charge in [0.15, 0.2) is 17.3 Å². The number of ether oxygens (including phenoxy) is 3. The van der Waals surface area contributed by atoms with E-state index in [2.05, 4.69) is 10.1 Å². The first-order valence-corrected chi connectivity index (χ1v) is 8.12. The average Bonchev–Trinajstić information content (AvgIpc) is 3.22. The first-order valence-electron chi connectivity index (χ1n) is 8.12. The van der Waals surface area contributed by atoms with Crippen LogP contribution in [0.4, 0.5) is 0 Å². The van der Waals surface area contributed by atoms with E-state index in [0.29, 0.717) is 17.2 Å². The van der Waals surface area contributed by atoms with E-state index in [1.54, 1.807) is 21.3 Å². The van der Waals surface area contributed by atoms with E-state index >= 15 is 0 Å². The van der Waals surface area contributed by atoms with E-state index in [0.717, 1.165) is 42.9 Å². The highest BCUT2D eigenvalue weighted by molar-refractivity contribution is 5.53. The molecule has 1 aromatic carbocycles. The maximum absolute atomic E-state index is 5.48. The molecule has 130 valence electrons. The van der Waals surface area contributed by atoms with Gasteiger partial charge in [-0.2, -0.15) is 0 Å². The molecule has 2 heterocycles. The van der Waals surface area contributed by atoms with E-state index in [9.17, 15) is 0 Å². The van der Waals surface area contributed by atoms with Crippen molar-refractivity contribution in [3.8, 4) is 17.2 Å². The Morgan fingerprint density at radius 2 is 1.83 bits per heavy atom. The number of hydrogen-bond acceptors (Lipinski definition) is 6. The summed E-state index contributed by atoms with van der Waals surface area (Å²) in [5.41, 5.74) is 2.04. The van der Waals surface area contributed by atoms with Crippen LogP contribution in [0, 0.1) is 6.92 Å². The van der Waals surface area contributed by atoms with Crippen molar-refractivity contribution in [2.45, 2.75) is 32.4 Å². The second kappa shape index (κ2) is 7.13. The van der Waals surface area contributed by atoms with Crippen LogP contribution < -0.4 is 14.2 Å². The molecule has 0 aliphatic carbocycles. The standard InChI is InChI=1S/C18H24N2O4/c1-12-8-15(24-19-12)14-6-5-7-20(14)11-13-9-16(21-2)18(23-4)17(10-13)22-3/h8-10,14H,5-7,11H2,1-4H3/t14-/m1/s1. The third kappa shape index (κ3) is 3.19. The fourth-order valence-electron chi connectivity index (χ4n) is 3.34. The number of likely N-dealkylation sites (tertiary alicyclic amines) is 1. The number of aromatic nitrogens is 1. The molecule has 6 heteroatoms. The van der Waals surface area contributed by atoms with Crippen LogP contribution in [0.3, 0.4) is 0 Å². The van der Waals surface area contributed by atoms with Gasteiger partial charge in [0.1, 0.15) is 0 Å². The number of rotatable bonds is 6. The summed E-state index contributed by atoms with van der Waals surface area (Å²) in [6, 6.07) is 6.30. The summed E-state index contributed by atoms with van der Waals surface area (Å²) in [6.45, 7) is 3.77. The zero-order chi connectivity index (χ0) is 17.1. The van der Waals surface area contributed by atoms with Crippen molar-refractivity contribution in [3.63, 3.8) is 0 Å². The van der Waals surface area contributed by atoms with Crippen molar-refractivity contribution in [3.05, 3.63) is 35.2 Å². The molecule has 6 nitrogen and oxygen atoms in total. The van der Waals surface area contributed by atoms with Crippen molar-refractivity contribution in [2.75, 3.05) is 27.9 Å². The van der Waals surface area contributed by atoms with E-state index in [-0.39, 0.29) is 6.04 Å². The van der Waals surface area contributed by atoms with Crippen LogP contribution in [0.1, 0.15) is 35.9 Å². The average molecular weight is 332 g/mol. The molecule has 0 amide bonds. The van der Waals surface area contributed by atoms with Crippen molar-refractivity contribution in [2.24, 2.45) is 0 Å². The minimum absolute atomic E-state index is 0.269. The Kier molecular flexibility index (Phi) is 4.94. The van der Waals surface area contributed by atoms with Gasteiger partial charge >= 0.3 is 0 Å². The third-order valence-electron chi connectivity index (χ3n) is 4.45. The number of methoxy groups -OCH3 is 3. The molecule has 1 atom stereocenters. The Balaban J connectivity index is 1.84. The minimum atomic E-state index is 0.269. The van der Waals surface area contributed by atoms with Gasteiger partial charge in [-0.3, -0.25) is 4.90 Å². The maximum atomic E-state index is 5.48. The fraction of sp³-hybridized carbons (Fsp3) is 0.500. The molecule has 0 saturated carbocycles. The van der Waals surface area contributed by atoms with Crippen molar-refractivity contribution >= 4 is 0 Å². The van der Waals surface area contributed by atoms with E-state index < -0.39 is 0 Å². The first kappa shape index (κ1) is 16.6. The topological polar surface area (TPSA) is 57.0 Å². The lowest BCUT2D eigenvalue weighted by molar-refractivity contribution is 0.206. The zero-order valence-corrected chi connectivity index (χ0v) is 14.7. The Morgan fingerprint density at radius 3 is 2.38 bits per heavy atom. The molecule has 2 aromatic rings. The summed E-state index contributed by atoms with van der Waals surface area (Å²) >= 11 is 0. The molecule has 0 bridgehead atoms. The highest BCUT2D eigenvalue weighted by Crippen LogP contribution is 2.40. The molecule has 0 unspecified atom stereocenters. The zero-order valence-electron chi connectivity index (χ0n) is 14.7. The molecule has 3 rings (SSSR count). The molecular formula is C18H24N2O4. The second-order valence-corrected chi connectivity index (χ2v) is 6.03. The summed E-state index contributed by atoms with van der Waals surface area (Å²) in [7, 11) is 4.89. The van der Waals surface area contributed by atoms with E-state index in [1.807, 2.05) is 25.1 Å². The van der Waals surface area contributed by atoms with Crippen LogP contribution in [0.2, 0.25) is 0 Å². The van der Waals surface area contributed by atoms with E-state index in [1.165, 1.54) is 0 Å². The van der Waals surface area contributed by atoms with Gasteiger partial charge in [0.2, 0.25) is 5.75 Å². The summed E-state index contributed by atoms with van der Waals surface area (Å²) in [5, 5.41) is 4.02. The van der Waals surface area contributed by atoms with Crippen LogP contribution in [-0.4, -0.2) is 37.9 Å². The number of nitrogens with zero attached hydrogens (tertiary/aromatic N) is 2. The summed E-state index contributed by atoms with van der Waals surface area (Å²) < 4.78 is 21.8. The predicted molar refractivity (Wildman–Crippen MR) is 89.7 cm³/mol. The van der Waals surface area contributed by atoms with Gasteiger partial charge in [0.05, 0.1) is 33.1 Å². The van der Waals surface area contributed by atoms with Crippen LogP contribution in [0.25, 0.3) is 0 Å². The van der Waals surface area contributed by atoms with Crippen molar-refractivity contribution in [1.29, 1.82) is 0 Å². The Hall–Kier alpha value is -2.21. The first-order chi connectivity index (χ1) is 11.7. The lowest BCUT2D eigenvalue weighted by atomic mass is 10.1. The molecule has 0 spiro atoms. The predicted octanol–water partition coefficient (Wildman–Crippen LogP) is 3.35. The van der Waals surface area contributed by atoms with Crippen LogP contribution in [-0.2, 0) is 6.54 Å². The molecule has 1 saturated heterocycles. The number of aryl methyl sites for hydroxylation is 1.